The van der Waals surface area contributed by atoms with Gasteiger partial charge in [-0.25, -0.2) is 0 Å². The molecule has 0 amide bonds. The number of fused-ring (bicyclic) bond motifs is 5. The molecule has 0 aromatic carbocycles. The Labute approximate surface area is 179 Å². The van der Waals surface area contributed by atoms with E-state index in [9.17, 15) is 10.2 Å². The molecule has 0 radical (unpaired) electrons. The zero-order chi connectivity index (χ0) is 21.0. The van der Waals surface area contributed by atoms with E-state index in [1.54, 1.807) is 0 Å². The van der Waals surface area contributed by atoms with Crippen LogP contribution in [-0.2, 0) is 0 Å². The van der Waals surface area contributed by atoms with E-state index in [1.807, 2.05) is 0 Å². The maximum absolute atomic E-state index is 11.3. The molecule has 0 aromatic heterocycles. The smallest absolute Gasteiger partial charge is 0.0579 e. The first-order valence-corrected chi connectivity index (χ1v) is 12.7. The molecule has 2 N–H and O–H groups in total. The van der Waals surface area contributed by atoms with Crippen LogP contribution in [0.4, 0.5) is 0 Å². The van der Waals surface area contributed by atoms with Crippen LogP contribution in [0.25, 0.3) is 0 Å². The molecule has 2 heteroatoms. The first kappa shape index (κ1) is 21.9. The average molecular weight is 403 g/mol. The van der Waals surface area contributed by atoms with Gasteiger partial charge >= 0.3 is 0 Å². The summed E-state index contributed by atoms with van der Waals surface area (Å²) in [5.74, 6) is 4.03. The van der Waals surface area contributed by atoms with Crippen molar-refractivity contribution < 1.29 is 10.2 Å². The van der Waals surface area contributed by atoms with E-state index < -0.39 is 0 Å². The van der Waals surface area contributed by atoms with Gasteiger partial charge in [-0.2, -0.15) is 0 Å². The zero-order valence-corrected chi connectivity index (χ0v) is 19.7. The molecule has 0 aromatic rings. The number of hydrogen-bond acceptors (Lipinski definition) is 2. The summed E-state index contributed by atoms with van der Waals surface area (Å²) in [7, 11) is 0. The molecule has 166 valence electrons. The van der Waals surface area contributed by atoms with Gasteiger partial charge in [0.25, 0.3) is 0 Å². The lowest BCUT2D eigenvalue weighted by Crippen LogP contribution is -2.52. The van der Waals surface area contributed by atoms with E-state index in [0.29, 0.717) is 29.1 Å². The summed E-state index contributed by atoms with van der Waals surface area (Å²) in [6.07, 6.45) is 14.0. The molecule has 0 spiro atoms. The highest BCUT2D eigenvalue weighted by Crippen LogP contribution is 2.67. The third-order valence-corrected chi connectivity index (χ3v) is 10.3. The molecular formula is C27H46O2. The predicted octanol–water partition coefficient (Wildman–Crippen LogP) is 6.36. The maximum Gasteiger partial charge on any atom is 0.0579 e. The SMILES string of the molecule is CC(C)CCC[C@@H](C)[C@H]1C[C@H](O)[C@H]2[C@@H]3CC=C4C[C@H](O)CC[C@]4(C)[C@H]3CC[C@@]21C. The summed E-state index contributed by atoms with van der Waals surface area (Å²) >= 11 is 0. The summed E-state index contributed by atoms with van der Waals surface area (Å²) in [4.78, 5) is 0. The fourth-order valence-electron chi connectivity index (χ4n) is 8.69. The molecule has 0 heterocycles. The molecule has 4 rings (SSSR count). The Bertz CT molecular complexity index is 624. The second-order valence-corrected chi connectivity index (χ2v) is 12.3. The largest absolute Gasteiger partial charge is 0.393 e. The monoisotopic (exact) mass is 402 g/mol. The maximum atomic E-state index is 11.3. The molecule has 9 atom stereocenters. The number of aliphatic hydroxyl groups is 2. The quantitative estimate of drug-likeness (QED) is 0.525. The Hall–Kier alpha value is -0.340. The van der Waals surface area contributed by atoms with Crippen LogP contribution in [0.15, 0.2) is 11.6 Å². The van der Waals surface area contributed by atoms with Crippen LogP contribution in [0, 0.1) is 46.3 Å². The van der Waals surface area contributed by atoms with Crippen LogP contribution in [-0.4, -0.2) is 22.4 Å². The van der Waals surface area contributed by atoms with Gasteiger partial charge in [0, 0.05) is 0 Å². The highest BCUT2D eigenvalue weighted by atomic mass is 16.3. The van der Waals surface area contributed by atoms with E-state index in [1.165, 1.54) is 37.7 Å². The van der Waals surface area contributed by atoms with Crippen molar-refractivity contribution >= 4 is 0 Å². The lowest BCUT2D eigenvalue weighted by Gasteiger charge is -2.58. The number of hydrogen-bond donors (Lipinski definition) is 2. The van der Waals surface area contributed by atoms with E-state index in [2.05, 4.69) is 40.7 Å². The van der Waals surface area contributed by atoms with E-state index in [-0.39, 0.29) is 17.6 Å². The first-order valence-electron chi connectivity index (χ1n) is 12.7. The van der Waals surface area contributed by atoms with Crippen LogP contribution < -0.4 is 0 Å². The van der Waals surface area contributed by atoms with Gasteiger partial charge in [-0.05, 0) is 91.3 Å². The molecule has 0 aliphatic heterocycles. The minimum absolute atomic E-state index is 0.113. The normalized spacial score (nSPS) is 47.9. The van der Waals surface area contributed by atoms with E-state index in [4.69, 9.17) is 0 Å². The van der Waals surface area contributed by atoms with Crippen molar-refractivity contribution in [3.8, 4) is 0 Å². The molecule has 29 heavy (non-hydrogen) atoms. The van der Waals surface area contributed by atoms with Gasteiger partial charge < -0.3 is 10.2 Å². The first-order chi connectivity index (χ1) is 13.7. The van der Waals surface area contributed by atoms with Crippen LogP contribution in [0.5, 0.6) is 0 Å². The Kier molecular flexibility index (Phi) is 6.01. The van der Waals surface area contributed by atoms with E-state index in [0.717, 1.165) is 43.9 Å². The van der Waals surface area contributed by atoms with E-state index >= 15 is 0 Å². The standard InChI is InChI=1S/C27H46O2/c1-17(2)7-6-8-18(3)23-16-24(29)25-21-10-9-19-15-20(28)11-13-26(19,4)22(21)12-14-27(23,25)5/h9,17-18,20-25,28-29H,6-8,10-16H2,1-5H3/t18-,20-,21-,22+,23-,24+,25-,26+,27-/m1/s1. The summed E-state index contributed by atoms with van der Waals surface area (Å²) in [5, 5.41) is 21.5. The van der Waals surface area contributed by atoms with Gasteiger partial charge in [-0.1, -0.05) is 65.5 Å². The van der Waals surface area contributed by atoms with Crippen molar-refractivity contribution in [1.29, 1.82) is 0 Å². The van der Waals surface area contributed by atoms with Crippen LogP contribution in [0.3, 0.4) is 0 Å². The van der Waals surface area contributed by atoms with Crippen molar-refractivity contribution in [2.45, 2.75) is 111 Å². The third kappa shape index (κ3) is 3.65. The third-order valence-electron chi connectivity index (χ3n) is 10.3. The molecule has 0 unspecified atom stereocenters. The van der Waals surface area contributed by atoms with Gasteiger partial charge in [0.1, 0.15) is 0 Å². The second-order valence-electron chi connectivity index (χ2n) is 12.3. The summed E-state index contributed by atoms with van der Waals surface area (Å²) in [6, 6.07) is 0. The summed E-state index contributed by atoms with van der Waals surface area (Å²) < 4.78 is 0. The van der Waals surface area contributed by atoms with Gasteiger partial charge in [0.15, 0.2) is 0 Å². The lowest BCUT2D eigenvalue weighted by atomic mass is 9.46. The van der Waals surface area contributed by atoms with Crippen molar-refractivity contribution in [3.05, 3.63) is 11.6 Å². The molecule has 3 saturated carbocycles. The van der Waals surface area contributed by atoms with Crippen molar-refractivity contribution in [1.82, 2.24) is 0 Å². The zero-order valence-electron chi connectivity index (χ0n) is 19.7. The van der Waals surface area contributed by atoms with Crippen molar-refractivity contribution in [2.75, 3.05) is 0 Å². The van der Waals surface area contributed by atoms with Crippen molar-refractivity contribution in [2.24, 2.45) is 46.3 Å². The molecule has 4 aliphatic rings. The Balaban J connectivity index is 1.54. The average Bonchev–Trinajstić information content (AvgIpc) is 2.93. The highest BCUT2D eigenvalue weighted by molar-refractivity contribution is 5.26. The Morgan fingerprint density at radius 2 is 1.83 bits per heavy atom. The number of aliphatic hydroxyl groups excluding tert-OH is 2. The Morgan fingerprint density at radius 1 is 1.07 bits per heavy atom. The van der Waals surface area contributed by atoms with Gasteiger partial charge in [-0.3, -0.25) is 0 Å². The molecule has 2 nitrogen and oxygen atoms in total. The van der Waals surface area contributed by atoms with Gasteiger partial charge in [-0.15, -0.1) is 0 Å². The molecule has 4 aliphatic carbocycles. The minimum Gasteiger partial charge on any atom is -0.393 e. The second kappa shape index (κ2) is 7.97. The van der Waals surface area contributed by atoms with Crippen LogP contribution in [0.1, 0.15) is 98.8 Å². The summed E-state index contributed by atoms with van der Waals surface area (Å²) in [5.41, 5.74) is 2.12. The highest BCUT2D eigenvalue weighted by Gasteiger charge is 2.61. The van der Waals surface area contributed by atoms with Gasteiger partial charge in [0.2, 0.25) is 0 Å². The fraction of sp³-hybridized carbons (Fsp3) is 0.926. The van der Waals surface area contributed by atoms with Gasteiger partial charge in [0.05, 0.1) is 12.2 Å². The molecule has 0 bridgehead atoms. The van der Waals surface area contributed by atoms with Crippen molar-refractivity contribution in [3.63, 3.8) is 0 Å². The topological polar surface area (TPSA) is 40.5 Å². The molecule has 0 saturated heterocycles. The molecular weight excluding hydrogens is 356 g/mol. The molecule has 3 fully saturated rings. The Morgan fingerprint density at radius 3 is 2.55 bits per heavy atom. The minimum atomic E-state index is -0.132. The predicted molar refractivity (Wildman–Crippen MR) is 120 cm³/mol. The fourth-order valence-corrected chi connectivity index (χ4v) is 8.69. The lowest BCUT2D eigenvalue weighted by molar-refractivity contribution is -0.0816. The van der Waals surface area contributed by atoms with Crippen LogP contribution >= 0.6 is 0 Å². The van der Waals surface area contributed by atoms with Crippen LogP contribution in [0.2, 0.25) is 0 Å². The number of rotatable bonds is 5. The summed E-state index contributed by atoms with van der Waals surface area (Å²) in [6.45, 7) is 12.2. The number of allylic oxidation sites excluding steroid dienone is 1.